The Labute approximate surface area is 164 Å². The first-order valence-corrected chi connectivity index (χ1v) is 10.8. The molecule has 0 N–H and O–H groups in total. The van der Waals surface area contributed by atoms with Crippen molar-refractivity contribution in [2.24, 2.45) is 0 Å². The number of allylic oxidation sites excluding steroid dienone is 1. The normalized spacial score (nSPS) is 13.4. The molecule has 1 aliphatic carbocycles. The van der Waals surface area contributed by atoms with Crippen LogP contribution in [-0.2, 0) is 0 Å². The Hall–Kier alpha value is -2.20. The highest BCUT2D eigenvalue weighted by Crippen LogP contribution is 2.39. The number of carbonyl (C=O) groups excluding carboxylic acids is 1. The van der Waals surface area contributed by atoms with Gasteiger partial charge in [-0.15, -0.1) is 11.8 Å². The molecule has 1 aliphatic rings. The Bertz CT molecular complexity index is 1030. The summed E-state index contributed by atoms with van der Waals surface area (Å²) in [6, 6.07) is 10.0. The highest BCUT2D eigenvalue weighted by Gasteiger charge is 2.24. The van der Waals surface area contributed by atoms with Crippen LogP contribution in [0.25, 0.3) is 26.6 Å². The summed E-state index contributed by atoms with van der Waals surface area (Å²) < 4.78 is 0. The van der Waals surface area contributed by atoms with Crippen molar-refractivity contribution in [3.63, 3.8) is 0 Å². The molecule has 2 aromatic heterocycles. The maximum atomic E-state index is 12.8. The smallest absolute Gasteiger partial charge is 0.206 e. The lowest BCUT2D eigenvalue weighted by Gasteiger charge is -2.17. The lowest BCUT2D eigenvalue weighted by molar-refractivity contribution is 0.104. The number of nitrogens with zero attached hydrogens (tertiary/aromatic N) is 2. The van der Waals surface area contributed by atoms with E-state index >= 15 is 0 Å². The van der Waals surface area contributed by atoms with Crippen molar-refractivity contribution in [1.29, 1.82) is 0 Å². The monoisotopic (exact) mass is 376 g/mol. The lowest BCUT2D eigenvalue weighted by Crippen LogP contribution is -2.09. The second kappa shape index (κ2) is 8.22. The van der Waals surface area contributed by atoms with E-state index in [1.807, 2.05) is 30.5 Å². The van der Waals surface area contributed by atoms with Crippen molar-refractivity contribution >= 4 is 44.1 Å². The maximum Gasteiger partial charge on any atom is 0.206 e. The molecule has 0 aliphatic heterocycles. The number of pyridine rings is 2. The molecule has 0 fully saturated rings. The van der Waals surface area contributed by atoms with Crippen LogP contribution in [0.15, 0.2) is 42.6 Å². The van der Waals surface area contributed by atoms with E-state index < -0.39 is 0 Å². The molecule has 1 aromatic carbocycles. The van der Waals surface area contributed by atoms with Crippen LogP contribution >= 0.6 is 11.8 Å². The number of unbranched alkanes of at least 4 members (excludes halogenated alkanes) is 5. The molecule has 3 nitrogen and oxygen atoms in total. The quantitative estimate of drug-likeness (QED) is 0.336. The molecular weight excluding hydrogens is 352 g/mol. The average Bonchev–Trinajstić information content (AvgIpc) is 2.70. The first-order valence-electron chi connectivity index (χ1n) is 9.86. The van der Waals surface area contributed by atoms with E-state index in [-0.39, 0.29) is 5.78 Å². The summed E-state index contributed by atoms with van der Waals surface area (Å²) in [5.41, 5.74) is 2.31. The zero-order valence-electron chi connectivity index (χ0n) is 15.7. The molecule has 138 valence electrons. The number of benzene rings is 1. The molecule has 0 radical (unpaired) electrons. The van der Waals surface area contributed by atoms with E-state index in [2.05, 4.69) is 23.0 Å². The van der Waals surface area contributed by atoms with Gasteiger partial charge in [0, 0.05) is 28.0 Å². The van der Waals surface area contributed by atoms with Crippen molar-refractivity contribution in [1.82, 2.24) is 9.97 Å². The molecule has 0 spiro atoms. The molecule has 3 aromatic rings. The van der Waals surface area contributed by atoms with Gasteiger partial charge in [-0.2, -0.15) is 0 Å². The number of hydrogen-bond acceptors (Lipinski definition) is 4. The van der Waals surface area contributed by atoms with Gasteiger partial charge in [-0.05, 0) is 29.7 Å². The fraction of sp³-hybridized carbons (Fsp3) is 0.348. The number of fused-ring (bicyclic) bond motifs is 2. The first-order chi connectivity index (χ1) is 13.3. The molecule has 4 rings (SSSR count). The fourth-order valence-electron chi connectivity index (χ4n) is 3.70. The molecule has 0 bridgehead atoms. The van der Waals surface area contributed by atoms with Crippen LogP contribution in [0.4, 0.5) is 0 Å². The van der Waals surface area contributed by atoms with Gasteiger partial charge < -0.3 is 0 Å². The maximum absolute atomic E-state index is 12.8. The van der Waals surface area contributed by atoms with Crippen molar-refractivity contribution in [2.45, 2.75) is 45.4 Å². The summed E-state index contributed by atoms with van der Waals surface area (Å²) in [5, 5.41) is 3.06. The minimum absolute atomic E-state index is 0.00306. The van der Waals surface area contributed by atoms with Crippen LogP contribution < -0.4 is 0 Å². The van der Waals surface area contributed by atoms with Gasteiger partial charge in [-0.25, -0.2) is 4.98 Å². The van der Waals surface area contributed by atoms with Gasteiger partial charge >= 0.3 is 0 Å². The first kappa shape index (κ1) is 18.2. The van der Waals surface area contributed by atoms with Crippen LogP contribution in [0, 0.1) is 0 Å². The fourth-order valence-corrected chi connectivity index (χ4v) is 4.75. The minimum Gasteiger partial charge on any atom is -0.287 e. The zero-order valence-corrected chi connectivity index (χ0v) is 16.5. The molecule has 27 heavy (non-hydrogen) atoms. The second-order valence-electron chi connectivity index (χ2n) is 7.05. The standard InChI is InChI=1S/C23H24N2OS/c1-2-3-4-5-6-9-14-27-20-15-19(26)22-21-17(12-13-24-23(20)21)16-10-7-8-11-18(16)25-22/h7-8,10-13,15H,2-6,9,14H2,1H3. The largest absolute Gasteiger partial charge is 0.287 e. The summed E-state index contributed by atoms with van der Waals surface area (Å²) >= 11 is 1.76. The van der Waals surface area contributed by atoms with Gasteiger partial charge in [0.1, 0.15) is 5.69 Å². The molecule has 0 atom stereocenters. The van der Waals surface area contributed by atoms with E-state index in [0.717, 1.165) is 38.0 Å². The van der Waals surface area contributed by atoms with Crippen molar-refractivity contribution in [3.05, 3.63) is 54.0 Å². The Balaban J connectivity index is 1.59. The molecular formula is C23H24N2OS. The van der Waals surface area contributed by atoms with E-state index in [4.69, 9.17) is 0 Å². The number of para-hydroxylation sites is 1. The average molecular weight is 377 g/mol. The summed E-state index contributed by atoms with van der Waals surface area (Å²) in [6.07, 6.45) is 11.3. The van der Waals surface area contributed by atoms with Crippen molar-refractivity contribution in [3.8, 4) is 0 Å². The molecule has 0 unspecified atom stereocenters. The summed E-state index contributed by atoms with van der Waals surface area (Å²) in [5.74, 6) is 1.02. The molecule has 0 saturated carbocycles. The molecule has 4 heteroatoms. The third kappa shape index (κ3) is 3.63. The van der Waals surface area contributed by atoms with Crippen molar-refractivity contribution < 1.29 is 4.79 Å². The van der Waals surface area contributed by atoms with Crippen LogP contribution in [0.2, 0.25) is 0 Å². The Morgan fingerprint density at radius 3 is 2.63 bits per heavy atom. The predicted molar refractivity (Wildman–Crippen MR) is 115 cm³/mol. The molecule has 0 saturated heterocycles. The lowest BCUT2D eigenvalue weighted by atomic mass is 9.97. The molecule has 2 heterocycles. The number of hydrogen-bond donors (Lipinski definition) is 0. The Morgan fingerprint density at radius 2 is 1.74 bits per heavy atom. The SMILES string of the molecule is CCCCCCCCSC1=CC(=O)c2nc3ccccc3c3ccnc1c23. The van der Waals surface area contributed by atoms with E-state index in [1.165, 1.54) is 38.5 Å². The third-order valence-electron chi connectivity index (χ3n) is 5.10. The van der Waals surface area contributed by atoms with Gasteiger partial charge in [0.15, 0.2) is 0 Å². The summed E-state index contributed by atoms with van der Waals surface area (Å²) in [4.78, 5) is 23.0. The van der Waals surface area contributed by atoms with E-state index in [0.29, 0.717) is 5.69 Å². The number of thioether (sulfide) groups is 1. The second-order valence-corrected chi connectivity index (χ2v) is 8.19. The van der Waals surface area contributed by atoms with Gasteiger partial charge in [-0.1, -0.05) is 57.2 Å². The van der Waals surface area contributed by atoms with Crippen LogP contribution in [-0.4, -0.2) is 21.5 Å². The van der Waals surface area contributed by atoms with E-state index in [1.54, 1.807) is 17.8 Å². The Morgan fingerprint density at radius 1 is 0.926 bits per heavy atom. The highest BCUT2D eigenvalue weighted by molar-refractivity contribution is 8.08. The minimum atomic E-state index is -0.00306. The topological polar surface area (TPSA) is 42.9 Å². The van der Waals surface area contributed by atoms with Crippen LogP contribution in [0.5, 0.6) is 0 Å². The summed E-state index contributed by atoms with van der Waals surface area (Å²) in [6.45, 7) is 2.24. The van der Waals surface area contributed by atoms with Crippen LogP contribution in [0.3, 0.4) is 0 Å². The van der Waals surface area contributed by atoms with Gasteiger partial charge in [0.25, 0.3) is 0 Å². The highest BCUT2D eigenvalue weighted by atomic mass is 32.2. The van der Waals surface area contributed by atoms with Gasteiger partial charge in [0.05, 0.1) is 11.2 Å². The number of rotatable bonds is 8. The van der Waals surface area contributed by atoms with Gasteiger partial charge in [-0.3, -0.25) is 9.78 Å². The van der Waals surface area contributed by atoms with E-state index in [9.17, 15) is 4.79 Å². The van der Waals surface area contributed by atoms with Crippen molar-refractivity contribution in [2.75, 3.05) is 5.75 Å². The number of ketones is 1. The Kier molecular flexibility index (Phi) is 5.53. The third-order valence-corrected chi connectivity index (χ3v) is 6.21. The number of aromatic nitrogens is 2. The van der Waals surface area contributed by atoms with Gasteiger partial charge in [0.2, 0.25) is 5.78 Å². The number of carbonyl (C=O) groups is 1. The van der Waals surface area contributed by atoms with Crippen LogP contribution in [0.1, 0.15) is 61.6 Å². The summed E-state index contributed by atoms with van der Waals surface area (Å²) in [7, 11) is 0. The predicted octanol–water partition coefficient (Wildman–Crippen LogP) is 6.41. The molecule has 0 amide bonds. The zero-order chi connectivity index (χ0) is 18.6.